The SMILES string of the molecule is C1=CC2=CC=CC3c4ccccc4N(c4ccc(N(c5ccc(-c6ccccc6)cc5)c5cccc(-c6ccccc6)c5)cc4)C(=C1)C23. The van der Waals surface area contributed by atoms with Crippen molar-refractivity contribution in [2.75, 3.05) is 9.80 Å². The number of hydrogen-bond acceptors (Lipinski definition) is 2. The zero-order valence-electron chi connectivity index (χ0n) is 26.5. The highest BCUT2D eigenvalue weighted by Gasteiger charge is 2.39. The molecule has 0 spiro atoms. The summed E-state index contributed by atoms with van der Waals surface area (Å²) in [6.45, 7) is 0. The molecule has 6 aromatic carbocycles. The fourth-order valence-corrected chi connectivity index (χ4v) is 7.57. The molecule has 0 bridgehead atoms. The molecule has 2 heteroatoms. The van der Waals surface area contributed by atoms with Crippen LogP contribution in [-0.4, -0.2) is 0 Å². The molecule has 0 radical (unpaired) electrons. The van der Waals surface area contributed by atoms with E-state index in [9.17, 15) is 0 Å². The molecule has 1 aliphatic heterocycles. The van der Waals surface area contributed by atoms with Crippen molar-refractivity contribution < 1.29 is 0 Å². The monoisotopic (exact) mass is 614 g/mol. The standard InChI is InChI=1S/C46H34N2/c1-3-12-33(13-4-1)35-24-26-38(27-25-35)47(41-19-9-18-37(32-41)34-14-5-2-6-15-34)39-28-30-40(31-29-39)48-44-22-8-7-20-42(44)43-21-10-16-36-17-11-23-45(48)46(36)43/h1-32,43,46H. The Hall–Kier alpha value is -6.12. The lowest BCUT2D eigenvalue weighted by molar-refractivity contribution is 0.601. The van der Waals surface area contributed by atoms with Gasteiger partial charge < -0.3 is 9.80 Å². The fourth-order valence-electron chi connectivity index (χ4n) is 7.57. The van der Waals surface area contributed by atoms with Gasteiger partial charge in [-0.3, -0.25) is 0 Å². The third kappa shape index (κ3) is 4.90. The van der Waals surface area contributed by atoms with E-state index in [0.717, 1.165) is 22.7 Å². The molecule has 48 heavy (non-hydrogen) atoms. The van der Waals surface area contributed by atoms with E-state index < -0.39 is 0 Å². The van der Waals surface area contributed by atoms with Crippen molar-refractivity contribution >= 4 is 28.4 Å². The fraction of sp³-hybridized carbons (Fsp3) is 0.0435. The molecule has 1 heterocycles. The number of nitrogens with zero attached hydrogens (tertiary/aromatic N) is 2. The van der Waals surface area contributed by atoms with Gasteiger partial charge in [0.15, 0.2) is 0 Å². The van der Waals surface area contributed by atoms with Gasteiger partial charge in [-0.2, -0.15) is 0 Å². The smallest absolute Gasteiger partial charge is 0.0497 e. The normalized spacial score (nSPS) is 17.2. The van der Waals surface area contributed by atoms with Gasteiger partial charge in [0.2, 0.25) is 0 Å². The highest BCUT2D eigenvalue weighted by molar-refractivity contribution is 5.83. The maximum absolute atomic E-state index is 2.46. The first kappa shape index (κ1) is 28.1. The lowest BCUT2D eigenvalue weighted by Gasteiger charge is -2.45. The van der Waals surface area contributed by atoms with Crippen molar-refractivity contribution in [1.82, 2.24) is 0 Å². The van der Waals surface area contributed by atoms with E-state index >= 15 is 0 Å². The second-order valence-corrected chi connectivity index (χ2v) is 12.6. The van der Waals surface area contributed by atoms with E-state index in [1.807, 2.05) is 0 Å². The highest BCUT2D eigenvalue weighted by Crippen LogP contribution is 2.53. The molecule has 2 atom stereocenters. The molecular weight excluding hydrogens is 581 g/mol. The van der Waals surface area contributed by atoms with Crippen LogP contribution in [0.1, 0.15) is 11.5 Å². The van der Waals surface area contributed by atoms with E-state index in [1.165, 1.54) is 44.8 Å². The van der Waals surface area contributed by atoms with Gasteiger partial charge >= 0.3 is 0 Å². The van der Waals surface area contributed by atoms with Crippen LogP contribution in [-0.2, 0) is 0 Å². The van der Waals surface area contributed by atoms with Gasteiger partial charge in [-0.05, 0) is 94.1 Å². The van der Waals surface area contributed by atoms with Gasteiger partial charge in [0.1, 0.15) is 0 Å². The first-order valence-corrected chi connectivity index (χ1v) is 16.7. The molecule has 0 aromatic heterocycles. The average Bonchev–Trinajstić information content (AvgIpc) is 3.17. The van der Waals surface area contributed by atoms with Crippen molar-refractivity contribution in [3.8, 4) is 22.3 Å². The predicted octanol–water partition coefficient (Wildman–Crippen LogP) is 12.3. The Balaban J connectivity index is 1.14. The molecule has 2 aliphatic carbocycles. The maximum Gasteiger partial charge on any atom is 0.0497 e. The number of para-hydroxylation sites is 1. The minimum Gasteiger partial charge on any atom is -0.313 e. The number of rotatable bonds is 6. The molecule has 0 saturated heterocycles. The summed E-state index contributed by atoms with van der Waals surface area (Å²) < 4.78 is 0. The molecule has 3 aliphatic rings. The summed E-state index contributed by atoms with van der Waals surface area (Å²) in [6.07, 6.45) is 13.6. The van der Waals surface area contributed by atoms with E-state index in [2.05, 4.69) is 204 Å². The van der Waals surface area contributed by atoms with Gasteiger partial charge in [-0.15, -0.1) is 0 Å². The Morgan fingerprint density at radius 3 is 1.85 bits per heavy atom. The molecule has 9 rings (SSSR count). The zero-order valence-corrected chi connectivity index (χ0v) is 26.5. The van der Waals surface area contributed by atoms with Gasteiger partial charge in [0.25, 0.3) is 0 Å². The Morgan fingerprint density at radius 2 is 1.10 bits per heavy atom. The van der Waals surface area contributed by atoms with Gasteiger partial charge in [-0.1, -0.05) is 134 Å². The van der Waals surface area contributed by atoms with Crippen molar-refractivity contribution in [3.63, 3.8) is 0 Å². The molecular formula is C46H34N2. The number of fused-ring (bicyclic) bond motifs is 2. The lowest BCUT2D eigenvalue weighted by Crippen LogP contribution is -2.34. The molecule has 2 unspecified atom stereocenters. The van der Waals surface area contributed by atoms with Crippen molar-refractivity contribution in [3.05, 3.63) is 211 Å². The number of anilines is 5. The van der Waals surface area contributed by atoms with Crippen LogP contribution in [0.15, 0.2) is 205 Å². The summed E-state index contributed by atoms with van der Waals surface area (Å²) in [5.74, 6) is 0.661. The summed E-state index contributed by atoms with van der Waals surface area (Å²) in [6, 6.07) is 56.9. The lowest BCUT2D eigenvalue weighted by atomic mass is 9.71. The molecule has 6 aromatic rings. The zero-order chi connectivity index (χ0) is 31.9. The van der Waals surface area contributed by atoms with Gasteiger partial charge in [-0.25, -0.2) is 0 Å². The van der Waals surface area contributed by atoms with Crippen LogP contribution in [0.4, 0.5) is 28.4 Å². The topological polar surface area (TPSA) is 6.48 Å². The molecule has 2 nitrogen and oxygen atoms in total. The minimum atomic E-state index is 0.315. The highest BCUT2D eigenvalue weighted by atomic mass is 15.2. The molecule has 0 amide bonds. The summed E-state index contributed by atoms with van der Waals surface area (Å²) in [5.41, 5.74) is 14.7. The number of benzene rings is 6. The van der Waals surface area contributed by atoms with Gasteiger partial charge in [0, 0.05) is 46.0 Å². The Kier molecular flexibility index (Phi) is 6.98. The molecule has 0 saturated carbocycles. The Labute approximate surface area is 282 Å². The van der Waals surface area contributed by atoms with E-state index in [-0.39, 0.29) is 0 Å². The Morgan fingerprint density at radius 1 is 0.479 bits per heavy atom. The van der Waals surface area contributed by atoms with Crippen LogP contribution < -0.4 is 9.80 Å². The molecule has 228 valence electrons. The number of hydrogen-bond donors (Lipinski definition) is 0. The largest absolute Gasteiger partial charge is 0.313 e. The second kappa shape index (κ2) is 11.9. The predicted molar refractivity (Wildman–Crippen MR) is 201 cm³/mol. The number of allylic oxidation sites excluding steroid dienone is 7. The summed E-state index contributed by atoms with van der Waals surface area (Å²) in [7, 11) is 0. The van der Waals surface area contributed by atoms with E-state index in [1.54, 1.807) is 0 Å². The van der Waals surface area contributed by atoms with E-state index in [0.29, 0.717) is 11.8 Å². The van der Waals surface area contributed by atoms with Crippen molar-refractivity contribution in [2.24, 2.45) is 5.92 Å². The van der Waals surface area contributed by atoms with Crippen LogP contribution >= 0.6 is 0 Å². The van der Waals surface area contributed by atoms with Crippen molar-refractivity contribution in [2.45, 2.75) is 5.92 Å². The van der Waals surface area contributed by atoms with Crippen LogP contribution in [0.5, 0.6) is 0 Å². The van der Waals surface area contributed by atoms with Crippen molar-refractivity contribution in [1.29, 1.82) is 0 Å². The minimum absolute atomic E-state index is 0.315. The first-order chi connectivity index (χ1) is 23.8. The van der Waals surface area contributed by atoms with Crippen LogP contribution in [0.25, 0.3) is 22.3 Å². The second-order valence-electron chi connectivity index (χ2n) is 12.6. The van der Waals surface area contributed by atoms with Crippen LogP contribution in [0.3, 0.4) is 0 Å². The van der Waals surface area contributed by atoms with Crippen LogP contribution in [0.2, 0.25) is 0 Å². The van der Waals surface area contributed by atoms with Gasteiger partial charge in [0.05, 0.1) is 0 Å². The third-order valence-corrected chi connectivity index (χ3v) is 9.80. The quantitative estimate of drug-likeness (QED) is 0.184. The van der Waals surface area contributed by atoms with Crippen LogP contribution in [0, 0.1) is 5.92 Å². The molecule has 0 fully saturated rings. The molecule has 0 N–H and O–H groups in total. The average molecular weight is 615 g/mol. The maximum atomic E-state index is 2.46. The summed E-state index contributed by atoms with van der Waals surface area (Å²) >= 11 is 0. The Bertz CT molecular complexity index is 2220. The first-order valence-electron chi connectivity index (χ1n) is 16.7. The third-order valence-electron chi connectivity index (χ3n) is 9.80. The summed E-state index contributed by atoms with van der Waals surface area (Å²) in [5, 5.41) is 0. The summed E-state index contributed by atoms with van der Waals surface area (Å²) in [4.78, 5) is 4.83. The van der Waals surface area contributed by atoms with E-state index in [4.69, 9.17) is 0 Å².